The molecule has 0 aromatic heterocycles. The summed E-state index contributed by atoms with van der Waals surface area (Å²) >= 11 is 0. The number of benzene rings is 2. The molecule has 0 heterocycles. The van der Waals surface area contributed by atoms with E-state index in [4.69, 9.17) is 0 Å². The third-order valence-electron chi connectivity index (χ3n) is 3.44. The smallest absolute Gasteiger partial charge is 0.261 e. The van der Waals surface area contributed by atoms with Gasteiger partial charge in [0.15, 0.2) is 9.84 Å². The van der Waals surface area contributed by atoms with E-state index in [1.807, 2.05) is 0 Å². The minimum atomic E-state index is -3.88. The molecule has 2 aromatic rings. The zero-order valence-corrected chi connectivity index (χ0v) is 14.5. The van der Waals surface area contributed by atoms with E-state index in [1.165, 1.54) is 24.3 Å². The number of hydrogen-bond acceptors (Lipinski definition) is 5. The fraction of sp³-hybridized carbons (Fsp3) is 0.200. The Hall–Kier alpha value is -2.06. The maximum Gasteiger partial charge on any atom is 0.261 e. The van der Waals surface area contributed by atoms with Crippen LogP contribution in [0.2, 0.25) is 0 Å². The Labute approximate surface area is 135 Å². The summed E-state index contributed by atoms with van der Waals surface area (Å²) in [6, 6.07) is 8.09. The quantitative estimate of drug-likeness (QED) is 0.876. The van der Waals surface area contributed by atoms with Gasteiger partial charge in [-0.2, -0.15) is 0 Å². The lowest BCUT2D eigenvalue weighted by atomic mass is 10.1. The first-order valence-corrected chi connectivity index (χ1v) is 10.0. The van der Waals surface area contributed by atoms with Crippen molar-refractivity contribution in [2.75, 3.05) is 11.0 Å². The van der Waals surface area contributed by atoms with Crippen LogP contribution in [-0.2, 0) is 19.9 Å². The van der Waals surface area contributed by atoms with Gasteiger partial charge in [0.1, 0.15) is 5.75 Å². The van der Waals surface area contributed by atoms with Gasteiger partial charge in [-0.1, -0.05) is 6.07 Å². The van der Waals surface area contributed by atoms with Crippen molar-refractivity contribution in [1.29, 1.82) is 0 Å². The average molecular weight is 355 g/mol. The minimum absolute atomic E-state index is 0.0256. The average Bonchev–Trinajstić information content (AvgIpc) is 2.47. The molecule has 2 rings (SSSR count). The lowest BCUT2D eigenvalue weighted by Gasteiger charge is -2.13. The van der Waals surface area contributed by atoms with Crippen LogP contribution >= 0.6 is 0 Å². The predicted molar refractivity (Wildman–Crippen MR) is 87.9 cm³/mol. The zero-order chi connectivity index (χ0) is 17.4. The second-order valence-electron chi connectivity index (χ2n) is 5.25. The number of sulfone groups is 1. The van der Waals surface area contributed by atoms with Gasteiger partial charge in [0.2, 0.25) is 0 Å². The standard InChI is InChI=1S/C15H17NO5S2/c1-10-4-9-14(11(2)15(10)17)16-23(20,21)13-7-5-12(6-8-13)22(3,18)19/h4-9,16-17H,1-3H3. The second kappa shape index (κ2) is 5.86. The molecule has 2 aromatic carbocycles. The van der Waals surface area contributed by atoms with E-state index in [-0.39, 0.29) is 21.2 Å². The molecule has 8 heteroatoms. The highest BCUT2D eigenvalue weighted by Crippen LogP contribution is 2.29. The summed E-state index contributed by atoms with van der Waals surface area (Å²) in [4.78, 5) is -0.0232. The molecule has 2 N–H and O–H groups in total. The minimum Gasteiger partial charge on any atom is -0.507 e. The molecule has 0 aliphatic rings. The Balaban J connectivity index is 2.38. The Morgan fingerprint density at radius 2 is 1.39 bits per heavy atom. The van der Waals surface area contributed by atoms with Crippen molar-refractivity contribution >= 4 is 25.5 Å². The van der Waals surface area contributed by atoms with Crippen molar-refractivity contribution in [2.45, 2.75) is 23.6 Å². The highest BCUT2D eigenvalue weighted by atomic mass is 32.2. The molecule has 0 spiro atoms. The largest absolute Gasteiger partial charge is 0.507 e. The number of sulfonamides is 1. The van der Waals surface area contributed by atoms with E-state index >= 15 is 0 Å². The molecule has 0 saturated carbocycles. The highest BCUT2D eigenvalue weighted by Gasteiger charge is 2.18. The third-order valence-corrected chi connectivity index (χ3v) is 5.95. The molecule has 0 amide bonds. The van der Waals surface area contributed by atoms with E-state index in [2.05, 4.69) is 4.72 Å². The topological polar surface area (TPSA) is 101 Å². The molecule has 0 fully saturated rings. The van der Waals surface area contributed by atoms with Gasteiger partial charge in [-0.3, -0.25) is 4.72 Å². The SMILES string of the molecule is Cc1ccc(NS(=O)(=O)c2ccc(S(C)(=O)=O)cc2)c(C)c1O. The van der Waals surface area contributed by atoms with Gasteiger partial charge in [0.25, 0.3) is 10.0 Å². The third kappa shape index (κ3) is 3.65. The molecular weight excluding hydrogens is 338 g/mol. The number of nitrogens with one attached hydrogen (secondary N) is 1. The van der Waals surface area contributed by atoms with Crippen molar-refractivity contribution in [3.05, 3.63) is 47.5 Å². The predicted octanol–water partition coefficient (Wildman–Crippen LogP) is 2.21. The van der Waals surface area contributed by atoms with Crippen molar-refractivity contribution in [3.63, 3.8) is 0 Å². The number of anilines is 1. The number of phenols is 1. The summed E-state index contributed by atoms with van der Waals surface area (Å²) in [6.45, 7) is 3.32. The maximum absolute atomic E-state index is 12.4. The van der Waals surface area contributed by atoms with Crippen LogP contribution in [0.5, 0.6) is 5.75 Å². The molecule has 0 aliphatic heterocycles. The molecule has 0 saturated heterocycles. The van der Waals surface area contributed by atoms with Crippen molar-refractivity contribution in [1.82, 2.24) is 0 Å². The summed E-state index contributed by atoms with van der Waals surface area (Å²) in [5.41, 5.74) is 1.32. The van der Waals surface area contributed by atoms with Gasteiger partial charge in [-0.15, -0.1) is 0 Å². The van der Waals surface area contributed by atoms with Crippen LogP contribution in [0.15, 0.2) is 46.2 Å². The van der Waals surface area contributed by atoms with Crippen LogP contribution in [0.4, 0.5) is 5.69 Å². The highest BCUT2D eigenvalue weighted by molar-refractivity contribution is 7.92. The first-order valence-electron chi connectivity index (χ1n) is 6.64. The van der Waals surface area contributed by atoms with Gasteiger partial charge in [-0.25, -0.2) is 16.8 Å². The molecule has 23 heavy (non-hydrogen) atoms. The number of aromatic hydroxyl groups is 1. The summed E-state index contributed by atoms with van der Waals surface area (Å²) in [5, 5.41) is 9.88. The lowest BCUT2D eigenvalue weighted by molar-refractivity contribution is 0.467. The summed E-state index contributed by atoms with van der Waals surface area (Å²) in [6.07, 6.45) is 1.05. The Kier molecular flexibility index (Phi) is 4.41. The van der Waals surface area contributed by atoms with Gasteiger partial charge >= 0.3 is 0 Å². The monoisotopic (exact) mass is 355 g/mol. The van der Waals surface area contributed by atoms with Crippen LogP contribution in [0.25, 0.3) is 0 Å². The Bertz CT molecular complexity index is 946. The summed E-state index contributed by atoms with van der Waals surface area (Å²) < 4.78 is 49.9. The van der Waals surface area contributed by atoms with Crippen molar-refractivity contribution in [3.8, 4) is 5.75 Å². The summed E-state index contributed by atoms with van der Waals surface area (Å²) in [5.74, 6) is 0.0256. The van der Waals surface area contributed by atoms with Gasteiger partial charge < -0.3 is 5.11 Å². The number of rotatable bonds is 4. The van der Waals surface area contributed by atoms with Gasteiger partial charge in [0.05, 0.1) is 15.5 Å². The maximum atomic E-state index is 12.4. The summed E-state index contributed by atoms with van der Waals surface area (Å²) in [7, 11) is -7.27. The normalized spacial score (nSPS) is 12.1. The zero-order valence-electron chi connectivity index (χ0n) is 12.9. The van der Waals surface area contributed by atoms with Crippen molar-refractivity contribution < 1.29 is 21.9 Å². The molecule has 0 bridgehead atoms. The number of aryl methyl sites for hydroxylation is 1. The second-order valence-corrected chi connectivity index (χ2v) is 8.95. The number of hydrogen-bond donors (Lipinski definition) is 2. The molecule has 0 unspecified atom stereocenters. The molecular formula is C15H17NO5S2. The van der Waals surface area contributed by atoms with Crippen LogP contribution in [0.3, 0.4) is 0 Å². The van der Waals surface area contributed by atoms with E-state index in [1.54, 1.807) is 26.0 Å². The van der Waals surface area contributed by atoms with Crippen LogP contribution in [0.1, 0.15) is 11.1 Å². The van der Waals surface area contributed by atoms with Gasteiger partial charge in [0, 0.05) is 11.8 Å². The first kappa shape index (κ1) is 17.3. The van der Waals surface area contributed by atoms with Crippen LogP contribution in [-0.4, -0.2) is 28.2 Å². The number of phenolic OH excluding ortho intramolecular Hbond substituents is 1. The molecule has 0 radical (unpaired) electrons. The Morgan fingerprint density at radius 1 is 0.870 bits per heavy atom. The fourth-order valence-corrected chi connectivity index (χ4v) is 3.77. The lowest BCUT2D eigenvalue weighted by Crippen LogP contribution is -2.14. The van der Waals surface area contributed by atoms with Crippen LogP contribution < -0.4 is 4.72 Å². The van der Waals surface area contributed by atoms with E-state index in [9.17, 15) is 21.9 Å². The molecule has 6 nitrogen and oxygen atoms in total. The first-order chi connectivity index (χ1) is 10.5. The molecule has 0 atom stereocenters. The van der Waals surface area contributed by atoms with E-state index in [0.717, 1.165) is 6.26 Å². The fourth-order valence-electron chi connectivity index (χ4n) is 2.02. The Morgan fingerprint density at radius 3 is 1.91 bits per heavy atom. The van der Waals surface area contributed by atoms with Crippen LogP contribution in [0, 0.1) is 13.8 Å². The van der Waals surface area contributed by atoms with E-state index < -0.39 is 19.9 Å². The van der Waals surface area contributed by atoms with Gasteiger partial charge in [-0.05, 0) is 49.7 Å². The molecule has 124 valence electrons. The van der Waals surface area contributed by atoms with Crippen molar-refractivity contribution in [2.24, 2.45) is 0 Å². The molecule has 0 aliphatic carbocycles. The van der Waals surface area contributed by atoms with E-state index in [0.29, 0.717) is 11.1 Å².